The second-order valence-electron chi connectivity index (χ2n) is 6.58. The van der Waals surface area contributed by atoms with Crippen molar-refractivity contribution in [2.75, 3.05) is 0 Å². The van der Waals surface area contributed by atoms with E-state index in [0.29, 0.717) is 12.4 Å². The molecule has 0 spiro atoms. The lowest BCUT2D eigenvalue weighted by Crippen LogP contribution is -2.11. The number of benzene rings is 1. The first-order chi connectivity index (χ1) is 13.0. The Kier molecular flexibility index (Phi) is 4.19. The molecule has 0 saturated carbocycles. The summed E-state index contributed by atoms with van der Waals surface area (Å²) in [6.07, 6.45) is 6.88. The number of aryl methyl sites for hydroxylation is 2. The van der Waals surface area contributed by atoms with E-state index in [4.69, 9.17) is 0 Å². The van der Waals surface area contributed by atoms with Gasteiger partial charge in [0.05, 0.1) is 12.6 Å². The molecule has 9 heteroatoms. The maximum atomic E-state index is 11.4. The van der Waals surface area contributed by atoms with E-state index in [1.54, 1.807) is 17.2 Å². The fourth-order valence-electron chi connectivity index (χ4n) is 3.24. The summed E-state index contributed by atoms with van der Waals surface area (Å²) < 4.78 is 3.80. The average molecular weight is 364 g/mol. The number of aromatic amines is 2. The van der Waals surface area contributed by atoms with Crippen molar-refractivity contribution in [1.29, 1.82) is 0 Å². The number of imidazole rings is 1. The van der Waals surface area contributed by atoms with Gasteiger partial charge >= 0.3 is 5.69 Å². The molecule has 3 heterocycles. The van der Waals surface area contributed by atoms with Crippen LogP contribution in [0, 0.1) is 13.8 Å². The van der Waals surface area contributed by atoms with E-state index in [9.17, 15) is 4.79 Å². The van der Waals surface area contributed by atoms with Crippen molar-refractivity contribution >= 4 is 0 Å². The molecule has 0 aliphatic heterocycles. The van der Waals surface area contributed by atoms with Gasteiger partial charge in [0.15, 0.2) is 5.82 Å². The lowest BCUT2D eigenvalue weighted by molar-refractivity contribution is 0.607. The van der Waals surface area contributed by atoms with Crippen molar-refractivity contribution in [3.05, 3.63) is 70.2 Å². The van der Waals surface area contributed by atoms with Gasteiger partial charge < -0.3 is 4.57 Å². The Labute approximate surface area is 155 Å². The molecule has 4 aromatic rings. The largest absolute Gasteiger partial charge is 0.340 e. The first-order valence-electron chi connectivity index (χ1n) is 8.63. The Hall–Kier alpha value is -3.49. The zero-order valence-corrected chi connectivity index (χ0v) is 15.3. The first kappa shape index (κ1) is 17.0. The minimum absolute atomic E-state index is 0.166. The lowest BCUT2D eigenvalue weighted by atomic mass is 9.99. The van der Waals surface area contributed by atoms with Crippen molar-refractivity contribution in [3.8, 4) is 11.4 Å². The molecule has 1 atom stereocenters. The summed E-state index contributed by atoms with van der Waals surface area (Å²) in [5.74, 6) is 1.38. The van der Waals surface area contributed by atoms with Gasteiger partial charge in [-0.05, 0) is 43.5 Å². The SMILES string of the molecule is Cc1cc(C)c(-c2nccn2[C@H](C)c2n[nH]c(=O)[nH]2)cc1Cn1cncn1. The molecule has 2 N–H and O–H groups in total. The van der Waals surface area contributed by atoms with Gasteiger partial charge in [-0.2, -0.15) is 10.2 Å². The molecule has 0 amide bonds. The fourth-order valence-corrected chi connectivity index (χ4v) is 3.24. The van der Waals surface area contributed by atoms with Crippen LogP contribution in [-0.4, -0.2) is 39.5 Å². The van der Waals surface area contributed by atoms with Crippen LogP contribution in [0.4, 0.5) is 0 Å². The van der Waals surface area contributed by atoms with E-state index in [1.165, 1.54) is 11.9 Å². The quantitative estimate of drug-likeness (QED) is 0.561. The van der Waals surface area contributed by atoms with Gasteiger partial charge in [-0.25, -0.2) is 24.5 Å². The number of nitrogens with one attached hydrogen (secondary N) is 2. The van der Waals surface area contributed by atoms with Gasteiger partial charge in [-0.1, -0.05) is 6.07 Å². The second-order valence-corrected chi connectivity index (χ2v) is 6.58. The third kappa shape index (κ3) is 3.19. The molecule has 138 valence electrons. The Morgan fingerprint density at radius 3 is 2.78 bits per heavy atom. The minimum atomic E-state index is -0.319. The number of hydrogen-bond acceptors (Lipinski definition) is 5. The number of aromatic nitrogens is 8. The molecule has 0 saturated heterocycles. The van der Waals surface area contributed by atoms with Crippen LogP contribution in [0.25, 0.3) is 11.4 Å². The Morgan fingerprint density at radius 2 is 2.07 bits per heavy atom. The molecular formula is C18H20N8O. The minimum Gasteiger partial charge on any atom is -0.321 e. The van der Waals surface area contributed by atoms with E-state index in [-0.39, 0.29) is 11.7 Å². The highest BCUT2D eigenvalue weighted by atomic mass is 16.1. The molecule has 0 fully saturated rings. The predicted molar refractivity (Wildman–Crippen MR) is 99.3 cm³/mol. The molecule has 0 unspecified atom stereocenters. The normalized spacial score (nSPS) is 12.4. The summed E-state index contributed by atoms with van der Waals surface area (Å²) >= 11 is 0. The van der Waals surface area contributed by atoms with Crippen molar-refractivity contribution in [2.24, 2.45) is 0 Å². The zero-order chi connectivity index (χ0) is 19.0. The maximum absolute atomic E-state index is 11.4. The number of nitrogens with zero attached hydrogens (tertiary/aromatic N) is 6. The van der Waals surface area contributed by atoms with E-state index in [0.717, 1.165) is 22.5 Å². The summed E-state index contributed by atoms with van der Waals surface area (Å²) in [7, 11) is 0. The van der Waals surface area contributed by atoms with Crippen molar-refractivity contribution < 1.29 is 0 Å². The monoisotopic (exact) mass is 364 g/mol. The van der Waals surface area contributed by atoms with Crippen LogP contribution in [0.15, 0.2) is 42.0 Å². The van der Waals surface area contributed by atoms with Crippen LogP contribution in [0.3, 0.4) is 0 Å². The molecule has 0 aliphatic rings. The van der Waals surface area contributed by atoms with Gasteiger partial charge in [0.2, 0.25) is 0 Å². The van der Waals surface area contributed by atoms with Crippen molar-refractivity contribution in [3.63, 3.8) is 0 Å². The number of hydrogen-bond donors (Lipinski definition) is 2. The van der Waals surface area contributed by atoms with Crippen molar-refractivity contribution in [2.45, 2.75) is 33.4 Å². The highest BCUT2D eigenvalue weighted by molar-refractivity contribution is 5.63. The molecule has 0 bridgehead atoms. The van der Waals surface area contributed by atoms with E-state index in [1.807, 2.05) is 17.7 Å². The highest BCUT2D eigenvalue weighted by Crippen LogP contribution is 2.29. The average Bonchev–Trinajstić information content (AvgIpc) is 3.38. The third-order valence-corrected chi connectivity index (χ3v) is 4.72. The standard InChI is InChI=1S/C18H20N8O/c1-11-6-12(2)15(7-14(11)8-25-10-19-9-21-25)17-20-4-5-26(17)13(3)16-22-18(27)24-23-16/h4-7,9-10,13H,8H2,1-3H3,(H2,22,23,24,27)/t13-/m1/s1. The number of rotatable bonds is 5. The fraction of sp³-hybridized carbons (Fsp3) is 0.278. The van der Waals surface area contributed by atoms with Crippen LogP contribution in [0.1, 0.15) is 35.5 Å². The Morgan fingerprint density at radius 1 is 1.22 bits per heavy atom. The Balaban J connectivity index is 1.76. The van der Waals surface area contributed by atoms with E-state index >= 15 is 0 Å². The molecule has 27 heavy (non-hydrogen) atoms. The molecule has 0 aliphatic carbocycles. The molecule has 4 rings (SSSR count). The van der Waals surface area contributed by atoms with Gasteiger partial charge in [-0.15, -0.1) is 0 Å². The number of H-pyrrole nitrogens is 2. The van der Waals surface area contributed by atoms with Crippen LogP contribution in [0.2, 0.25) is 0 Å². The predicted octanol–water partition coefficient (Wildman–Crippen LogP) is 1.83. The third-order valence-electron chi connectivity index (χ3n) is 4.72. The van der Waals surface area contributed by atoms with E-state index in [2.05, 4.69) is 56.2 Å². The molecule has 0 radical (unpaired) electrons. The topological polar surface area (TPSA) is 110 Å². The van der Waals surface area contributed by atoms with Gasteiger partial charge in [0.25, 0.3) is 0 Å². The zero-order valence-electron chi connectivity index (χ0n) is 15.3. The maximum Gasteiger partial charge on any atom is 0.340 e. The summed E-state index contributed by atoms with van der Waals surface area (Å²) in [6, 6.07) is 4.13. The summed E-state index contributed by atoms with van der Waals surface area (Å²) in [5, 5.41) is 10.7. The van der Waals surface area contributed by atoms with Crippen LogP contribution in [0.5, 0.6) is 0 Å². The first-order valence-corrected chi connectivity index (χ1v) is 8.63. The van der Waals surface area contributed by atoms with Crippen LogP contribution >= 0.6 is 0 Å². The summed E-state index contributed by atoms with van der Waals surface area (Å²) in [6.45, 7) is 6.77. The second kappa shape index (κ2) is 6.67. The molecular weight excluding hydrogens is 344 g/mol. The lowest BCUT2D eigenvalue weighted by Gasteiger charge is -2.17. The van der Waals surface area contributed by atoms with E-state index < -0.39 is 0 Å². The smallest absolute Gasteiger partial charge is 0.321 e. The molecule has 3 aromatic heterocycles. The van der Waals surface area contributed by atoms with Gasteiger partial charge in [0, 0.05) is 18.0 Å². The van der Waals surface area contributed by atoms with Gasteiger partial charge in [-0.3, -0.25) is 4.98 Å². The molecule has 1 aromatic carbocycles. The van der Waals surface area contributed by atoms with Crippen molar-refractivity contribution in [1.82, 2.24) is 39.5 Å². The highest BCUT2D eigenvalue weighted by Gasteiger charge is 2.18. The van der Waals surface area contributed by atoms with Crippen LogP contribution in [-0.2, 0) is 6.54 Å². The summed E-state index contributed by atoms with van der Waals surface area (Å²) in [5.41, 5.74) is 4.18. The molecule has 9 nitrogen and oxygen atoms in total. The summed E-state index contributed by atoms with van der Waals surface area (Å²) in [4.78, 5) is 22.7. The Bertz CT molecular complexity index is 1120. The van der Waals surface area contributed by atoms with Gasteiger partial charge in [0.1, 0.15) is 18.5 Å². The van der Waals surface area contributed by atoms with Crippen LogP contribution < -0.4 is 5.69 Å².